The maximum Gasteiger partial charge on any atom is 0.335 e. The number of anilines is 1. The van der Waals surface area contributed by atoms with Gasteiger partial charge in [-0.05, 0) is 37.1 Å². The number of hydrogen-bond donors (Lipinski definition) is 2. The Balaban J connectivity index is 2.09. The summed E-state index contributed by atoms with van der Waals surface area (Å²) in [6, 6.07) is 5.72. The van der Waals surface area contributed by atoms with E-state index in [1.807, 2.05) is 19.1 Å². The van der Waals surface area contributed by atoms with Gasteiger partial charge in [-0.3, -0.25) is 0 Å². The summed E-state index contributed by atoms with van der Waals surface area (Å²) in [6.07, 6.45) is 1.26. The van der Waals surface area contributed by atoms with Gasteiger partial charge in [0.25, 0.3) is 0 Å². The first-order chi connectivity index (χ1) is 8.86. The Bertz CT molecular complexity index is 496. The monoisotopic (exact) mass is 263 g/mol. The van der Waals surface area contributed by atoms with Crippen LogP contribution in [0.1, 0.15) is 36.2 Å². The number of hydrogen-bond acceptors (Lipinski definition) is 3. The van der Waals surface area contributed by atoms with Crippen LogP contribution < -0.4 is 5.32 Å². The van der Waals surface area contributed by atoms with Crippen molar-refractivity contribution in [3.63, 3.8) is 0 Å². The molecule has 0 spiro atoms. The third-order valence-electron chi connectivity index (χ3n) is 4.26. The van der Waals surface area contributed by atoms with Gasteiger partial charge in [0.1, 0.15) is 0 Å². The number of ether oxygens (including phenoxy) is 1. The molecular weight excluding hydrogens is 242 g/mol. The molecule has 0 heterocycles. The summed E-state index contributed by atoms with van der Waals surface area (Å²) >= 11 is 0. The molecule has 2 N–H and O–H groups in total. The molecule has 0 amide bonds. The highest BCUT2D eigenvalue weighted by atomic mass is 16.5. The zero-order valence-electron chi connectivity index (χ0n) is 11.9. The van der Waals surface area contributed by atoms with Crippen LogP contribution in [0.2, 0.25) is 0 Å². The third kappa shape index (κ3) is 2.45. The molecule has 2 rings (SSSR count). The van der Waals surface area contributed by atoms with E-state index in [4.69, 9.17) is 9.84 Å². The molecule has 1 saturated carbocycles. The second kappa shape index (κ2) is 4.85. The van der Waals surface area contributed by atoms with Gasteiger partial charge in [0.15, 0.2) is 0 Å². The van der Waals surface area contributed by atoms with Crippen LogP contribution in [0.25, 0.3) is 0 Å². The summed E-state index contributed by atoms with van der Waals surface area (Å²) in [5, 5.41) is 12.5. The Morgan fingerprint density at radius 2 is 2.16 bits per heavy atom. The van der Waals surface area contributed by atoms with E-state index in [9.17, 15) is 4.79 Å². The minimum Gasteiger partial charge on any atom is -0.478 e. The van der Waals surface area contributed by atoms with Crippen molar-refractivity contribution in [3.8, 4) is 0 Å². The first kappa shape index (κ1) is 13.9. The van der Waals surface area contributed by atoms with Crippen molar-refractivity contribution in [2.75, 3.05) is 12.4 Å². The smallest absolute Gasteiger partial charge is 0.335 e. The van der Waals surface area contributed by atoms with Crippen molar-refractivity contribution in [3.05, 3.63) is 29.3 Å². The fourth-order valence-electron chi connectivity index (χ4n) is 2.72. The number of methoxy groups -OCH3 is 1. The van der Waals surface area contributed by atoms with Gasteiger partial charge in [0.05, 0.1) is 11.7 Å². The molecule has 19 heavy (non-hydrogen) atoms. The quantitative estimate of drug-likeness (QED) is 0.877. The summed E-state index contributed by atoms with van der Waals surface area (Å²) in [6.45, 7) is 6.18. The minimum atomic E-state index is -0.882. The number of carboxylic acids is 1. The van der Waals surface area contributed by atoms with Gasteiger partial charge in [-0.1, -0.05) is 13.8 Å². The number of carboxylic acid groups (broad SMARTS) is 1. The molecule has 4 heteroatoms. The standard InChI is InChI=1S/C15H21NO3/c1-9-7-10(5-6-11(9)14(17)18)16-12-8-13(19-4)15(12,2)3/h5-7,12-13,16H,8H2,1-4H3,(H,17,18). The van der Waals surface area contributed by atoms with Crippen LogP contribution in [0.4, 0.5) is 5.69 Å². The van der Waals surface area contributed by atoms with Crippen LogP contribution in [-0.2, 0) is 4.74 Å². The predicted octanol–water partition coefficient (Wildman–Crippen LogP) is 2.92. The van der Waals surface area contributed by atoms with E-state index < -0.39 is 5.97 Å². The van der Waals surface area contributed by atoms with Crippen molar-refractivity contribution >= 4 is 11.7 Å². The Labute approximate surface area is 113 Å². The summed E-state index contributed by atoms with van der Waals surface area (Å²) in [7, 11) is 1.74. The topological polar surface area (TPSA) is 58.6 Å². The molecule has 0 bridgehead atoms. The first-order valence-corrected chi connectivity index (χ1v) is 6.49. The molecule has 0 radical (unpaired) electrons. The van der Waals surface area contributed by atoms with Crippen LogP contribution in [-0.4, -0.2) is 30.3 Å². The van der Waals surface area contributed by atoms with Gasteiger partial charge in [-0.2, -0.15) is 0 Å². The first-order valence-electron chi connectivity index (χ1n) is 6.49. The largest absolute Gasteiger partial charge is 0.478 e. The number of aromatic carboxylic acids is 1. The second-order valence-electron chi connectivity index (χ2n) is 5.81. The minimum absolute atomic E-state index is 0.0914. The molecule has 2 unspecified atom stereocenters. The molecule has 2 atom stereocenters. The van der Waals surface area contributed by atoms with Crippen molar-refractivity contribution in [2.45, 2.75) is 39.3 Å². The maximum absolute atomic E-state index is 11.0. The number of rotatable bonds is 4. The van der Waals surface area contributed by atoms with Crippen molar-refractivity contribution in [1.82, 2.24) is 0 Å². The fraction of sp³-hybridized carbons (Fsp3) is 0.533. The predicted molar refractivity (Wildman–Crippen MR) is 74.7 cm³/mol. The molecule has 1 aliphatic carbocycles. The zero-order chi connectivity index (χ0) is 14.2. The average molecular weight is 263 g/mol. The van der Waals surface area contributed by atoms with Crippen LogP contribution in [0.5, 0.6) is 0 Å². The van der Waals surface area contributed by atoms with Gasteiger partial charge in [0.2, 0.25) is 0 Å². The lowest BCUT2D eigenvalue weighted by Gasteiger charge is -2.51. The molecule has 1 aromatic rings. The molecule has 0 aromatic heterocycles. The number of benzene rings is 1. The Hall–Kier alpha value is -1.55. The van der Waals surface area contributed by atoms with E-state index in [2.05, 4.69) is 19.2 Å². The van der Waals surface area contributed by atoms with Gasteiger partial charge in [0, 0.05) is 24.3 Å². The Morgan fingerprint density at radius 1 is 1.47 bits per heavy atom. The van der Waals surface area contributed by atoms with Crippen molar-refractivity contribution < 1.29 is 14.6 Å². The molecular formula is C15H21NO3. The second-order valence-corrected chi connectivity index (χ2v) is 5.81. The van der Waals surface area contributed by atoms with Crippen LogP contribution in [0.15, 0.2) is 18.2 Å². The van der Waals surface area contributed by atoms with E-state index in [1.165, 1.54) is 0 Å². The third-order valence-corrected chi connectivity index (χ3v) is 4.26. The average Bonchev–Trinajstić information content (AvgIpc) is 2.33. The highest BCUT2D eigenvalue weighted by Crippen LogP contribution is 2.44. The Morgan fingerprint density at radius 3 is 2.63 bits per heavy atom. The number of carbonyl (C=O) groups is 1. The van der Waals surface area contributed by atoms with E-state index >= 15 is 0 Å². The van der Waals surface area contributed by atoms with Gasteiger partial charge < -0.3 is 15.2 Å². The van der Waals surface area contributed by atoms with Gasteiger partial charge >= 0.3 is 5.97 Å². The molecule has 1 aromatic carbocycles. The zero-order valence-corrected chi connectivity index (χ0v) is 11.9. The number of nitrogens with one attached hydrogen (secondary N) is 1. The normalized spacial score (nSPS) is 24.6. The van der Waals surface area contributed by atoms with E-state index in [0.29, 0.717) is 11.6 Å². The fourth-order valence-corrected chi connectivity index (χ4v) is 2.72. The lowest BCUT2D eigenvalue weighted by Crippen LogP contribution is -2.57. The van der Waals surface area contributed by atoms with Crippen LogP contribution in [0.3, 0.4) is 0 Å². The van der Waals surface area contributed by atoms with Gasteiger partial charge in [-0.25, -0.2) is 4.79 Å². The summed E-state index contributed by atoms with van der Waals surface area (Å²) in [4.78, 5) is 11.0. The SMILES string of the molecule is COC1CC(Nc2ccc(C(=O)O)c(C)c2)C1(C)C. The summed E-state index contributed by atoms with van der Waals surface area (Å²) in [5.74, 6) is -0.882. The summed E-state index contributed by atoms with van der Waals surface area (Å²) < 4.78 is 5.43. The van der Waals surface area contributed by atoms with Gasteiger partial charge in [-0.15, -0.1) is 0 Å². The van der Waals surface area contributed by atoms with Crippen LogP contribution in [0, 0.1) is 12.3 Å². The molecule has 4 nitrogen and oxygen atoms in total. The lowest BCUT2D eigenvalue weighted by atomic mass is 9.64. The lowest BCUT2D eigenvalue weighted by molar-refractivity contribution is -0.0794. The molecule has 1 fully saturated rings. The molecule has 0 aliphatic heterocycles. The molecule has 104 valence electrons. The highest BCUT2D eigenvalue weighted by Gasteiger charge is 2.48. The summed E-state index contributed by atoms with van der Waals surface area (Å²) in [5.41, 5.74) is 2.19. The number of aryl methyl sites for hydroxylation is 1. The van der Waals surface area contributed by atoms with E-state index in [0.717, 1.165) is 17.7 Å². The maximum atomic E-state index is 11.0. The highest BCUT2D eigenvalue weighted by molar-refractivity contribution is 5.89. The van der Waals surface area contributed by atoms with Crippen molar-refractivity contribution in [2.24, 2.45) is 5.41 Å². The molecule has 1 aliphatic rings. The Kier molecular flexibility index (Phi) is 3.54. The van der Waals surface area contributed by atoms with E-state index in [-0.39, 0.29) is 11.5 Å². The van der Waals surface area contributed by atoms with Crippen molar-refractivity contribution in [1.29, 1.82) is 0 Å². The van der Waals surface area contributed by atoms with Crippen LogP contribution >= 0.6 is 0 Å². The molecule has 0 saturated heterocycles. The van der Waals surface area contributed by atoms with E-state index in [1.54, 1.807) is 13.2 Å².